The maximum atomic E-state index is 12.6. The third-order valence-electron chi connectivity index (χ3n) is 3.75. The molecule has 0 aliphatic carbocycles. The zero-order chi connectivity index (χ0) is 18.0. The summed E-state index contributed by atoms with van der Waals surface area (Å²) in [5, 5.41) is 8.16. The number of aromatic nitrogens is 2. The van der Waals surface area contributed by atoms with Gasteiger partial charge in [0.05, 0.1) is 28.4 Å². The molecule has 0 unspecified atom stereocenters. The quantitative estimate of drug-likeness (QED) is 0.502. The SMILES string of the molecule is Cc1cccc(C(=O)Nc2ccnn2Cc2cccc(Cl)c2Cl)c1I. The Labute approximate surface area is 169 Å². The lowest BCUT2D eigenvalue weighted by Gasteiger charge is -2.12. The fraction of sp³-hybridized carbons (Fsp3) is 0.111. The molecule has 0 fully saturated rings. The second kappa shape index (κ2) is 7.76. The summed E-state index contributed by atoms with van der Waals surface area (Å²) >= 11 is 14.5. The maximum Gasteiger partial charge on any atom is 0.257 e. The van der Waals surface area contributed by atoms with Crippen LogP contribution < -0.4 is 5.32 Å². The Morgan fingerprint density at radius 3 is 2.76 bits per heavy atom. The molecule has 2 aromatic carbocycles. The molecule has 128 valence electrons. The van der Waals surface area contributed by atoms with Crippen LogP contribution in [-0.2, 0) is 6.54 Å². The maximum absolute atomic E-state index is 12.6. The Kier molecular flexibility index (Phi) is 5.66. The van der Waals surface area contributed by atoms with Gasteiger partial charge in [0.25, 0.3) is 5.91 Å². The average molecular weight is 486 g/mol. The van der Waals surface area contributed by atoms with Crippen molar-refractivity contribution in [2.75, 3.05) is 5.32 Å². The third kappa shape index (κ3) is 3.99. The van der Waals surface area contributed by atoms with Gasteiger partial charge >= 0.3 is 0 Å². The van der Waals surface area contributed by atoms with Gasteiger partial charge in [0, 0.05) is 9.64 Å². The first kappa shape index (κ1) is 18.2. The summed E-state index contributed by atoms with van der Waals surface area (Å²) in [5.74, 6) is 0.422. The summed E-state index contributed by atoms with van der Waals surface area (Å²) in [5.41, 5.74) is 2.53. The third-order valence-corrected chi connectivity index (χ3v) is 6.04. The fourth-order valence-electron chi connectivity index (χ4n) is 2.40. The van der Waals surface area contributed by atoms with Crippen molar-refractivity contribution in [2.45, 2.75) is 13.5 Å². The van der Waals surface area contributed by atoms with E-state index in [1.807, 2.05) is 31.2 Å². The number of hydrogen-bond acceptors (Lipinski definition) is 2. The number of rotatable bonds is 4. The van der Waals surface area contributed by atoms with Crippen LogP contribution in [0, 0.1) is 10.5 Å². The zero-order valence-electron chi connectivity index (χ0n) is 13.3. The Bertz CT molecular complexity index is 940. The minimum Gasteiger partial charge on any atom is -0.307 e. The van der Waals surface area contributed by atoms with Crippen LogP contribution in [0.4, 0.5) is 5.82 Å². The lowest BCUT2D eigenvalue weighted by atomic mass is 10.1. The monoisotopic (exact) mass is 485 g/mol. The highest BCUT2D eigenvalue weighted by Crippen LogP contribution is 2.27. The Morgan fingerprint density at radius 2 is 1.96 bits per heavy atom. The number of benzene rings is 2. The van der Waals surface area contributed by atoms with E-state index in [-0.39, 0.29) is 5.91 Å². The molecule has 4 nitrogen and oxygen atoms in total. The predicted octanol–water partition coefficient (Wildman–Crippen LogP) is 5.40. The van der Waals surface area contributed by atoms with Gasteiger partial charge in [0.1, 0.15) is 5.82 Å². The number of nitrogens with one attached hydrogen (secondary N) is 1. The van der Waals surface area contributed by atoms with Crippen LogP contribution in [0.5, 0.6) is 0 Å². The van der Waals surface area contributed by atoms with E-state index in [0.29, 0.717) is 28.0 Å². The molecular weight excluding hydrogens is 472 g/mol. The molecule has 0 aliphatic heterocycles. The summed E-state index contributed by atoms with van der Waals surface area (Å²) in [6, 6.07) is 12.8. The average Bonchev–Trinajstić information content (AvgIpc) is 3.01. The largest absolute Gasteiger partial charge is 0.307 e. The van der Waals surface area contributed by atoms with Crippen LogP contribution in [0.2, 0.25) is 10.0 Å². The van der Waals surface area contributed by atoms with Crippen molar-refractivity contribution in [3.63, 3.8) is 0 Å². The van der Waals surface area contributed by atoms with Crippen LogP contribution in [0.15, 0.2) is 48.7 Å². The summed E-state index contributed by atoms with van der Waals surface area (Å²) in [4.78, 5) is 12.6. The van der Waals surface area contributed by atoms with Crippen LogP contribution in [0.3, 0.4) is 0 Å². The van der Waals surface area contributed by atoms with Crippen LogP contribution in [-0.4, -0.2) is 15.7 Å². The second-order valence-electron chi connectivity index (χ2n) is 5.48. The molecule has 0 radical (unpaired) electrons. The molecule has 0 aliphatic rings. The lowest BCUT2D eigenvalue weighted by Crippen LogP contribution is -2.17. The van der Waals surface area contributed by atoms with Crippen LogP contribution >= 0.6 is 45.8 Å². The van der Waals surface area contributed by atoms with Crippen molar-refractivity contribution >= 4 is 57.5 Å². The second-order valence-corrected chi connectivity index (χ2v) is 7.34. The molecular formula is C18H14Cl2IN3O. The molecule has 1 heterocycles. The summed E-state index contributed by atoms with van der Waals surface area (Å²) in [6.07, 6.45) is 1.63. The summed E-state index contributed by atoms with van der Waals surface area (Å²) in [6.45, 7) is 2.39. The van der Waals surface area contributed by atoms with E-state index in [1.54, 1.807) is 29.1 Å². The number of anilines is 1. The molecule has 3 aromatic rings. The van der Waals surface area contributed by atoms with Crippen molar-refractivity contribution in [3.8, 4) is 0 Å². The van der Waals surface area contributed by atoms with Crippen molar-refractivity contribution in [1.29, 1.82) is 0 Å². The van der Waals surface area contributed by atoms with Gasteiger partial charge < -0.3 is 5.32 Å². The topological polar surface area (TPSA) is 46.9 Å². The predicted molar refractivity (Wildman–Crippen MR) is 110 cm³/mol. The number of amides is 1. The molecule has 25 heavy (non-hydrogen) atoms. The normalized spacial score (nSPS) is 10.7. The molecule has 0 saturated carbocycles. The van der Waals surface area contributed by atoms with Crippen LogP contribution in [0.1, 0.15) is 21.5 Å². The Morgan fingerprint density at radius 1 is 1.20 bits per heavy atom. The molecule has 1 N–H and O–H groups in total. The zero-order valence-corrected chi connectivity index (χ0v) is 16.9. The van der Waals surface area contributed by atoms with E-state index in [2.05, 4.69) is 33.0 Å². The molecule has 0 saturated heterocycles. The van der Waals surface area contributed by atoms with Gasteiger partial charge in [-0.3, -0.25) is 4.79 Å². The van der Waals surface area contributed by atoms with Crippen molar-refractivity contribution < 1.29 is 4.79 Å². The number of aryl methyl sites for hydroxylation is 1. The number of carbonyl (C=O) groups excluding carboxylic acids is 1. The van der Waals surface area contributed by atoms with E-state index in [0.717, 1.165) is 14.7 Å². The highest BCUT2D eigenvalue weighted by atomic mass is 127. The molecule has 0 atom stereocenters. The van der Waals surface area contributed by atoms with Crippen molar-refractivity contribution in [1.82, 2.24) is 9.78 Å². The van der Waals surface area contributed by atoms with Gasteiger partial charge in [-0.1, -0.05) is 47.5 Å². The van der Waals surface area contributed by atoms with Gasteiger partial charge in [0.15, 0.2) is 0 Å². The van der Waals surface area contributed by atoms with Gasteiger partial charge in [-0.05, 0) is 52.8 Å². The molecule has 0 bridgehead atoms. The molecule has 1 aromatic heterocycles. The lowest BCUT2D eigenvalue weighted by molar-refractivity contribution is 0.102. The number of carbonyl (C=O) groups is 1. The van der Waals surface area contributed by atoms with E-state index >= 15 is 0 Å². The highest BCUT2D eigenvalue weighted by molar-refractivity contribution is 14.1. The molecule has 3 rings (SSSR count). The van der Waals surface area contributed by atoms with Gasteiger partial charge in [-0.25, -0.2) is 4.68 Å². The highest BCUT2D eigenvalue weighted by Gasteiger charge is 2.14. The standard InChI is InChI=1S/C18H14Cl2IN3O/c1-11-4-2-6-13(17(11)21)18(25)23-15-8-9-22-24(15)10-12-5-3-7-14(19)16(12)20/h2-9H,10H2,1H3,(H,23,25). The first-order valence-corrected chi connectivity index (χ1v) is 9.32. The number of hydrogen-bond donors (Lipinski definition) is 1. The Balaban J connectivity index is 1.83. The first-order valence-electron chi connectivity index (χ1n) is 7.48. The first-order chi connectivity index (χ1) is 12.0. The molecule has 0 spiro atoms. The van der Waals surface area contributed by atoms with E-state index in [9.17, 15) is 4.79 Å². The van der Waals surface area contributed by atoms with Crippen molar-refractivity contribution in [3.05, 3.63) is 79.0 Å². The number of nitrogens with zero attached hydrogens (tertiary/aromatic N) is 2. The fourth-order valence-corrected chi connectivity index (χ4v) is 3.39. The molecule has 7 heteroatoms. The summed E-state index contributed by atoms with van der Waals surface area (Å²) in [7, 11) is 0. The van der Waals surface area contributed by atoms with Crippen molar-refractivity contribution in [2.24, 2.45) is 0 Å². The van der Waals surface area contributed by atoms with Gasteiger partial charge in [-0.15, -0.1) is 0 Å². The van der Waals surface area contributed by atoms with Gasteiger partial charge in [0.2, 0.25) is 0 Å². The van der Waals surface area contributed by atoms with Gasteiger partial charge in [-0.2, -0.15) is 5.10 Å². The van der Waals surface area contributed by atoms with Crippen LogP contribution in [0.25, 0.3) is 0 Å². The Hall–Kier alpha value is -1.57. The number of halogens is 3. The minimum atomic E-state index is -0.174. The van der Waals surface area contributed by atoms with E-state index in [1.165, 1.54) is 0 Å². The molecule has 1 amide bonds. The van der Waals surface area contributed by atoms with E-state index < -0.39 is 0 Å². The van der Waals surface area contributed by atoms with E-state index in [4.69, 9.17) is 23.2 Å². The minimum absolute atomic E-state index is 0.174. The smallest absolute Gasteiger partial charge is 0.257 e. The summed E-state index contributed by atoms with van der Waals surface area (Å²) < 4.78 is 2.61.